The van der Waals surface area contributed by atoms with Gasteiger partial charge in [0, 0.05) is 34.1 Å². The lowest BCUT2D eigenvalue weighted by molar-refractivity contribution is 0.590. The van der Waals surface area contributed by atoms with Crippen molar-refractivity contribution in [3.63, 3.8) is 0 Å². The van der Waals surface area contributed by atoms with Crippen LogP contribution in [-0.4, -0.2) is 0 Å². The Kier molecular flexibility index (Phi) is 9.67. The molecule has 0 aromatic heterocycles. The van der Waals surface area contributed by atoms with Crippen molar-refractivity contribution in [2.45, 2.75) is 33.1 Å². The van der Waals surface area contributed by atoms with Crippen LogP contribution >= 0.6 is 0 Å². The van der Waals surface area contributed by atoms with E-state index < -0.39 is 0 Å². The minimum Gasteiger partial charge on any atom is -0.311 e. The highest BCUT2D eigenvalue weighted by Gasteiger charge is 2.17. The second-order valence-electron chi connectivity index (χ2n) is 14.1. The Morgan fingerprint density at radius 2 is 0.667 bits per heavy atom. The van der Waals surface area contributed by atoms with Crippen LogP contribution in [0.3, 0.4) is 0 Å². The van der Waals surface area contributed by atoms with Crippen molar-refractivity contribution in [1.82, 2.24) is 0 Å². The Bertz CT molecular complexity index is 2140. The third kappa shape index (κ3) is 7.87. The summed E-state index contributed by atoms with van der Waals surface area (Å²) >= 11 is 0. The molecule has 51 heavy (non-hydrogen) atoms. The number of hydrogen-bond donors (Lipinski definition) is 0. The predicted molar refractivity (Wildman–Crippen MR) is 220 cm³/mol. The number of nitrogens with zero attached hydrogens (tertiary/aromatic N) is 2. The quantitative estimate of drug-likeness (QED) is 0.142. The second kappa shape index (κ2) is 14.8. The molecule has 0 spiro atoms. The molecule has 250 valence electrons. The normalized spacial score (nSPS) is 11.5. The Balaban J connectivity index is 1.07. The van der Waals surface area contributed by atoms with Gasteiger partial charge in [0.05, 0.1) is 0 Å². The van der Waals surface area contributed by atoms with Crippen molar-refractivity contribution in [3.05, 3.63) is 204 Å². The molecule has 7 aromatic rings. The van der Waals surface area contributed by atoms with Crippen molar-refractivity contribution in [2.24, 2.45) is 0 Å². The van der Waals surface area contributed by atoms with Gasteiger partial charge in [-0.15, -0.1) is 0 Å². The van der Waals surface area contributed by atoms with Gasteiger partial charge in [-0.1, -0.05) is 148 Å². The molecule has 2 heteroatoms. The van der Waals surface area contributed by atoms with Crippen molar-refractivity contribution < 1.29 is 0 Å². The highest BCUT2D eigenvalue weighted by molar-refractivity contribution is 5.80. The summed E-state index contributed by atoms with van der Waals surface area (Å²) in [7, 11) is 0. The van der Waals surface area contributed by atoms with Crippen LogP contribution in [0.15, 0.2) is 182 Å². The zero-order chi connectivity index (χ0) is 35.2. The Morgan fingerprint density at radius 1 is 0.353 bits per heavy atom. The van der Waals surface area contributed by atoms with Crippen LogP contribution < -0.4 is 9.80 Å². The maximum Gasteiger partial charge on any atom is 0.0462 e. The van der Waals surface area contributed by atoms with Crippen LogP contribution in [0.1, 0.15) is 43.0 Å². The first kappa shape index (κ1) is 33.4. The molecule has 0 fully saturated rings. The maximum absolute atomic E-state index is 2.33. The third-order valence-corrected chi connectivity index (χ3v) is 9.30. The van der Waals surface area contributed by atoms with E-state index in [1.165, 1.54) is 27.8 Å². The number of aryl methyl sites for hydroxylation is 1. The van der Waals surface area contributed by atoms with E-state index in [0.717, 1.165) is 39.7 Å². The van der Waals surface area contributed by atoms with Crippen LogP contribution in [0, 0.1) is 6.92 Å². The SMILES string of the molecule is Cc1ccc(N(c2ccc(-c3ccc(/C=C/c4ccc(N(c5ccccc5)c5ccccc5)cc4)cc3)cc2)c2ccc(C(C)(C)C)cc2)cc1. The summed E-state index contributed by atoms with van der Waals surface area (Å²) in [5, 5.41) is 0. The van der Waals surface area contributed by atoms with Crippen molar-refractivity contribution in [2.75, 3.05) is 9.80 Å². The summed E-state index contributed by atoms with van der Waals surface area (Å²) < 4.78 is 0. The zero-order valence-corrected chi connectivity index (χ0v) is 29.9. The van der Waals surface area contributed by atoms with Gasteiger partial charge in [0.25, 0.3) is 0 Å². The fourth-order valence-corrected chi connectivity index (χ4v) is 6.37. The van der Waals surface area contributed by atoms with E-state index in [9.17, 15) is 0 Å². The summed E-state index contributed by atoms with van der Waals surface area (Å²) in [5.41, 5.74) is 14.2. The van der Waals surface area contributed by atoms with Gasteiger partial charge in [0.1, 0.15) is 0 Å². The fraction of sp³-hybridized carbons (Fsp3) is 0.102. The average Bonchev–Trinajstić information content (AvgIpc) is 3.17. The van der Waals surface area contributed by atoms with Gasteiger partial charge in [-0.2, -0.15) is 0 Å². The number of anilines is 6. The van der Waals surface area contributed by atoms with Crippen LogP contribution in [-0.2, 0) is 5.41 Å². The standard InChI is InChI=1S/C49H44N2/c1-37-15-29-45(30-16-37)51(48-35-27-42(28-36-48)49(2,3)4)47-33-25-41(26-34-47)40-23-19-38(20-24-40)17-18-39-21-31-46(32-22-39)50(43-11-7-5-8-12-43)44-13-9-6-10-14-44/h5-36H,1-4H3/b18-17+. The van der Waals surface area contributed by atoms with Crippen LogP contribution in [0.5, 0.6) is 0 Å². The predicted octanol–water partition coefficient (Wildman–Crippen LogP) is 14.1. The highest BCUT2D eigenvalue weighted by Crippen LogP contribution is 2.37. The molecule has 0 saturated carbocycles. The summed E-state index contributed by atoms with van der Waals surface area (Å²) in [5.74, 6) is 0. The van der Waals surface area contributed by atoms with Gasteiger partial charge < -0.3 is 9.80 Å². The molecular formula is C49H44N2. The molecular weight excluding hydrogens is 617 g/mol. The smallest absolute Gasteiger partial charge is 0.0462 e. The lowest BCUT2D eigenvalue weighted by atomic mass is 9.87. The third-order valence-electron chi connectivity index (χ3n) is 9.30. The Labute approximate surface area is 303 Å². The lowest BCUT2D eigenvalue weighted by Crippen LogP contribution is -2.13. The molecule has 0 bridgehead atoms. The molecule has 0 N–H and O–H groups in total. The van der Waals surface area contributed by atoms with E-state index in [0.29, 0.717) is 0 Å². The molecule has 0 aliphatic carbocycles. The lowest BCUT2D eigenvalue weighted by Gasteiger charge is -2.27. The molecule has 0 aliphatic rings. The van der Waals surface area contributed by atoms with Crippen molar-refractivity contribution in [3.8, 4) is 11.1 Å². The fourth-order valence-electron chi connectivity index (χ4n) is 6.37. The van der Waals surface area contributed by atoms with E-state index in [2.05, 4.69) is 232 Å². The monoisotopic (exact) mass is 660 g/mol. The minimum absolute atomic E-state index is 0.111. The first-order chi connectivity index (χ1) is 24.8. The van der Waals surface area contributed by atoms with Gasteiger partial charge in [0.2, 0.25) is 0 Å². The van der Waals surface area contributed by atoms with Gasteiger partial charge >= 0.3 is 0 Å². The molecule has 0 unspecified atom stereocenters. The van der Waals surface area contributed by atoms with Gasteiger partial charge in [-0.25, -0.2) is 0 Å². The molecule has 0 atom stereocenters. The van der Waals surface area contributed by atoms with Crippen molar-refractivity contribution >= 4 is 46.3 Å². The molecule has 0 amide bonds. The Hall–Kier alpha value is -6.12. The molecule has 2 nitrogen and oxygen atoms in total. The number of benzene rings is 7. The molecule has 0 heterocycles. The largest absolute Gasteiger partial charge is 0.311 e. The zero-order valence-electron chi connectivity index (χ0n) is 29.9. The van der Waals surface area contributed by atoms with Gasteiger partial charge in [-0.05, 0) is 113 Å². The first-order valence-electron chi connectivity index (χ1n) is 17.7. The summed E-state index contributed by atoms with van der Waals surface area (Å²) in [6, 6.07) is 65.2. The molecule has 7 rings (SSSR count). The number of rotatable bonds is 9. The molecule has 0 radical (unpaired) electrons. The van der Waals surface area contributed by atoms with Crippen LogP contribution in [0.4, 0.5) is 34.1 Å². The second-order valence-corrected chi connectivity index (χ2v) is 14.1. The average molecular weight is 661 g/mol. The first-order valence-corrected chi connectivity index (χ1v) is 17.7. The minimum atomic E-state index is 0.111. The molecule has 7 aromatic carbocycles. The van der Waals surface area contributed by atoms with E-state index in [1.54, 1.807) is 0 Å². The number of hydrogen-bond acceptors (Lipinski definition) is 2. The number of para-hydroxylation sites is 2. The Morgan fingerprint density at radius 3 is 1.08 bits per heavy atom. The van der Waals surface area contributed by atoms with Gasteiger partial charge in [-0.3, -0.25) is 0 Å². The summed E-state index contributed by atoms with van der Waals surface area (Å²) in [6.07, 6.45) is 4.36. The van der Waals surface area contributed by atoms with E-state index >= 15 is 0 Å². The molecule has 0 aliphatic heterocycles. The maximum atomic E-state index is 2.33. The summed E-state index contributed by atoms with van der Waals surface area (Å²) in [4.78, 5) is 4.61. The van der Waals surface area contributed by atoms with E-state index in [1.807, 2.05) is 0 Å². The summed E-state index contributed by atoms with van der Waals surface area (Å²) in [6.45, 7) is 8.90. The van der Waals surface area contributed by atoms with Crippen LogP contribution in [0.2, 0.25) is 0 Å². The topological polar surface area (TPSA) is 6.48 Å². The van der Waals surface area contributed by atoms with Crippen molar-refractivity contribution in [1.29, 1.82) is 0 Å². The van der Waals surface area contributed by atoms with E-state index in [-0.39, 0.29) is 5.41 Å². The van der Waals surface area contributed by atoms with Crippen LogP contribution in [0.25, 0.3) is 23.3 Å². The highest BCUT2D eigenvalue weighted by atomic mass is 15.1. The van der Waals surface area contributed by atoms with E-state index in [4.69, 9.17) is 0 Å². The van der Waals surface area contributed by atoms with Gasteiger partial charge in [0.15, 0.2) is 0 Å². The molecule has 0 saturated heterocycles.